The van der Waals surface area contributed by atoms with Crippen LogP contribution in [0, 0.1) is 0 Å². The molecule has 3 rings (SSSR count). The monoisotopic (exact) mass is 387 g/mol. The molecule has 0 aliphatic heterocycles. The molecule has 5 heteroatoms. The zero-order valence-electron chi connectivity index (χ0n) is 13.3. The van der Waals surface area contributed by atoms with E-state index in [1.54, 1.807) is 24.3 Å². The molecule has 0 saturated heterocycles. The summed E-state index contributed by atoms with van der Waals surface area (Å²) in [4.78, 5) is 23.8. The Kier molecular flexibility index (Phi) is 4.71. The van der Waals surface area contributed by atoms with E-state index in [-0.39, 0.29) is 11.9 Å². The summed E-state index contributed by atoms with van der Waals surface area (Å²) in [6.07, 6.45) is 2.63. The first kappa shape index (κ1) is 16.7. The van der Waals surface area contributed by atoms with Gasteiger partial charge in [0.2, 0.25) is 5.91 Å². The highest BCUT2D eigenvalue weighted by Crippen LogP contribution is 2.45. The second-order valence-electron chi connectivity index (χ2n) is 6.04. The van der Waals surface area contributed by atoms with Crippen LogP contribution in [0.25, 0.3) is 0 Å². The Hall–Kier alpha value is -2.14. The van der Waals surface area contributed by atoms with Crippen molar-refractivity contribution < 1.29 is 14.3 Å². The number of amides is 1. The smallest absolute Gasteiger partial charge is 0.321 e. The lowest BCUT2D eigenvalue weighted by atomic mass is 9.64. The Morgan fingerprint density at radius 2 is 1.67 bits per heavy atom. The summed E-state index contributed by atoms with van der Waals surface area (Å²) < 4.78 is 6.59. The molecule has 4 nitrogen and oxygen atoms in total. The molecule has 0 atom stereocenters. The van der Waals surface area contributed by atoms with Crippen molar-refractivity contribution >= 4 is 33.5 Å². The zero-order valence-corrected chi connectivity index (χ0v) is 14.9. The van der Waals surface area contributed by atoms with E-state index in [1.807, 2.05) is 24.3 Å². The number of halogens is 1. The van der Waals surface area contributed by atoms with Crippen molar-refractivity contribution in [2.75, 3.05) is 5.32 Å². The van der Waals surface area contributed by atoms with E-state index in [0.29, 0.717) is 11.4 Å². The molecule has 1 aliphatic rings. The van der Waals surface area contributed by atoms with E-state index in [4.69, 9.17) is 4.74 Å². The van der Waals surface area contributed by atoms with Gasteiger partial charge in [0.05, 0.1) is 5.41 Å². The SMILES string of the molecule is CC(=O)Nc1ccc(OC(=O)C2(c3ccc(Br)cc3)CCC2)cc1. The molecule has 0 unspecified atom stereocenters. The number of hydrogen-bond acceptors (Lipinski definition) is 3. The molecular weight excluding hydrogens is 370 g/mol. The zero-order chi connectivity index (χ0) is 17.2. The van der Waals surface area contributed by atoms with Crippen LogP contribution in [0.2, 0.25) is 0 Å². The number of benzene rings is 2. The van der Waals surface area contributed by atoms with Crippen molar-refractivity contribution in [3.63, 3.8) is 0 Å². The van der Waals surface area contributed by atoms with Crippen LogP contribution < -0.4 is 10.1 Å². The summed E-state index contributed by atoms with van der Waals surface area (Å²) in [5, 5.41) is 2.69. The molecule has 0 heterocycles. The Morgan fingerprint density at radius 1 is 1.04 bits per heavy atom. The second kappa shape index (κ2) is 6.77. The molecule has 1 amide bonds. The van der Waals surface area contributed by atoms with Gasteiger partial charge in [-0.2, -0.15) is 0 Å². The van der Waals surface area contributed by atoms with Gasteiger partial charge in [0, 0.05) is 17.1 Å². The molecule has 2 aromatic carbocycles. The summed E-state index contributed by atoms with van der Waals surface area (Å²) in [7, 11) is 0. The number of esters is 1. The number of carbonyl (C=O) groups is 2. The molecule has 1 fully saturated rings. The van der Waals surface area contributed by atoms with Gasteiger partial charge in [-0.05, 0) is 54.8 Å². The highest BCUT2D eigenvalue weighted by Gasteiger charge is 2.47. The maximum atomic E-state index is 12.8. The number of anilines is 1. The third-order valence-corrected chi connectivity index (χ3v) is 4.91. The van der Waals surface area contributed by atoms with Gasteiger partial charge in [0.25, 0.3) is 0 Å². The van der Waals surface area contributed by atoms with Crippen LogP contribution >= 0.6 is 15.9 Å². The highest BCUT2D eigenvalue weighted by atomic mass is 79.9. The predicted octanol–water partition coefficient (Wildman–Crippen LogP) is 4.43. The molecular formula is C19H18BrNO3. The quantitative estimate of drug-likeness (QED) is 0.623. The minimum Gasteiger partial charge on any atom is -0.426 e. The van der Waals surface area contributed by atoms with E-state index >= 15 is 0 Å². The van der Waals surface area contributed by atoms with Crippen LogP contribution in [0.5, 0.6) is 5.75 Å². The Morgan fingerprint density at radius 3 is 2.17 bits per heavy atom. The fourth-order valence-corrected chi connectivity index (χ4v) is 3.19. The van der Waals surface area contributed by atoms with Crippen molar-refractivity contribution in [1.29, 1.82) is 0 Å². The Labute approximate surface area is 149 Å². The first-order valence-corrected chi connectivity index (χ1v) is 8.65. The van der Waals surface area contributed by atoms with Crippen molar-refractivity contribution in [2.24, 2.45) is 0 Å². The molecule has 1 aliphatic carbocycles. The molecule has 0 bridgehead atoms. The first-order valence-electron chi connectivity index (χ1n) is 7.86. The van der Waals surface area contributed by atoms with E-state index in [9.17, 15) is 9.59 Å². The molecule has 2 aromatic rings. The maximum Gasteiger partial charge on any atom is 0.321 e. The van der Waals surface area contributed by atoms with Crippen LogP contribution in [-0.4, -0.2) is 11.9 Å². The third kappa shape index (κ3) is 3.36. The molecule has 0 radical (unpaired) electrons. The Balaban J connectivity index is 1.75. The molecule has 0 aromatic heterocycles. The summed E-state index contributed by atoms with van der Waals surface area (Å²) in [5.74, 6) is 0.129. The summed E-state index contributed by atoms with van der Waals surface area (Å²) >= 11 is 3.42. The van der Waals surface area contributed by atoms with E-state index in [2.05, 4.69) is 21.2 Å². The number of nitrogens with one attached hydrogen (secondary N) is 1. The normalized spacial score (nSPS) is 15.2. The molecule has 124 valence electrons. The molecule has 24 heavy (non-hydrogen) atoms. The molecule has 1 saturated carbocycles. The maximum absolute atomic E-state index is 12.8. The van der Waals surface area contributed by atoms with E-state index < -0.39 is 5.41 Å². The van der Waals surface area contributed by atoms with Gasteiger partial charge in [0.15, 0.2) is 0 Å². The molecule has 1 N–H and O–H groups in total. The lowest BCUT2D eigenvalue weighted by Gasteiger charge is -2.39. The number of rotatable bonds is 4. The minimum absolute atomic E-state index is 0.136. The number of carbonyl (C=O) groups excluding carboxylic acids is 2. The van der Waals surface area contributed by atoms with Gasteiger partial charge < -0.3 is 10.1 Å². The standard InChI is InChI=1S/C19H18BrNO3/c1-13(22)21-16-7-9-17(10-8-16)24-18(23)19(11-2-12-19)14-3-5-15(20)6-4-14/h3-10H,2,11-12H2,1H3,(H,21,22). The van der Waals surface area contributed by atoms with Gasteiger partial charge in [0.1, 0.15) is 5.75 Å². The van der Waals surface area contributed by atoms with E-state index in [0.717, 1.165) is 29.3 Å². The average molecular weight is 388 g/mol. The second-order valence-corrected chi connectivity index (χ2v) is 6.95. The van der Waals surface area contributed by atoms with Crippen LogP contribution in [-0.2, 0) is 15.0 Å². The van der Waals surface area contributed by atoms with Gasteiger partial charge in [-0.3, -0.25) is 9.59 Å². The first-order chi connectivity index (χ1) is 11.5. The minimum atomic E-state index is -0.545. The fourth-order valence-electron chi connectivity index (χ4n) is 2.92. The van der Waals surface area contributed by atoms with Crippen LogP contribution in [0.3, 0.4) is 0 Å². The van der Waals surface area contributed by atoms with Gasteiger partial charge >= 0.3 is 5.97 Å². The van der Waals surface area contributed by atoms with Gasteiger partial charge in [-0.15, -0.1) is 0 Å². The number of hydrogen-bond donors (Lipinski definition) is 1. The summed E-state index contributed by atoms with van der Waals surface area (Å²) in [5.41, 5.74) is 1.13. The van der Waals surface area contributed by atoms with Gasteiger partial charge in [-0.1, -0.05) is 34.5 Å². The summed E-state index contributed by atoms with van der Waals surface area (Å²) in [6.45, 7) is 1.45. The average Bonchev–Trinajstić information content (AvgIpc) is 2.49. The topological polar surface area (TPSA) is 55.4 Å². The van der Waals surface area contributed by atoms with Crippen LogP contribution in [0.1, 0.15) is 31.7 Å². The van der Waals surface area contributed by atoms with Crippen molar-refractivity contribution in [1.82, 2.24) is 0 Å². The lowest BCUT2D eigenvalue weighted by Crippen LogP contribution is -2.45. The predicted molar refractivity (Wildman–Crippen MR) is 96.1 cm³/mol. The third-order valence-electron chi connectivity index (χ3n) is 4.38. The van der Waals surface area contributed by atoms with Gasteiger partial charge in [-0.25, -0.2) is 0 Å². The molecule has 0 spiro atoms. The van der Waals surface area contributed by atoms with Crippen molar-refractivity contribution in [3.05, 3.63) is 58.6 Å². The van der Waals surface area contributed by atoms with Crippen LogP contribution in [0.15, 0.2) is 53.0 Å². The Bertz CT molecular complexity index is 749. The van der Waals surface area contributed by atoms with Crippen molar-refractivity contribution in [2.45, 2.75) is 31.6 Å². The fraction of sp³-hybridized carbons (Fsp3) is 0.263. The highest BCUT2D eigenvalue weighted by molar-refractivity contribution is 9.10. The van der Waals surface area contributed by atoms with Crippen molar-refractivity contribution in [3.8, 4) is 5.75 Å². The number of ether oxygens (including phenoxy) is 1. The lowest BCUT2D eigenvalue weighted by molar-refractivity contribution is -0.144. The van der Waals surface area contributed by atoms with E-state index in [1.165, 1.54) is 6.92 Å². The van der Waals surface area contributed by atoms with Crippen LogP contribution in [0.4, 0.5) is 5.69 Å². The summed E-state index contributed by atoms with van der Waals surface area (Å²) in [6, 6.07) is 14.7. The largest absolute Gasteiger partial charge is 0.426 e.